The Morgan fingerprint density at radius 1 is 1.03 bits per heavy atom. The van der Waals surface area contributed by atoms with Gasteiger partial charge in [0.2, 0.25) is 0 Å². The van der Waals surface area contributed by atoms with Gasteiger partial charge < -0.3 is 14.6 Å². The number of hydrogen-bond acceptors (Lipinski definition) is 5. The minimum atomic E-state index is -0.817. The lowest BCUT2D eigenvalue weighted by Crippen LogP contribution is -2.29. The van der Waals surface area contributed by atoms with Crippen LogP contribution < -0.4 is 14.4 Å². The van der Waals surface area contributed by atoms with Gasteiger partial charge in [0.05, 0.1) is 25.3 Å². The number of carbonyl (C=O) groups is 2. The summed E-state index contributed by atoms with van der Waals surface area (Å²) >= 11 is 0. The number of amides is 1. The first-order valence-electron chi connectivity index (χ1n) is 12.5. The van der Waals surface area contributed by atoms with Gasteiger partial charge in [-0.05, 0) is 77.4 Å². The number of ether oxygens (including phenoxy) is 2. The molecular weight excluding hydrogens is 466 g/mol. The second-order valence-corrected chi connectivity index (χ2v) is 10.5. The average Bonchev–Trinajstić information content (AvgIpc) is 3.17. The Bertz CT molecular complexity index is 1400. The molecule has 0 spiro atoms. The highest BCUT2D eigenvalue weighted by atomic mass is 16.5. The minimum absolute atomic E-state index is 0.0508. The number of nitrogens with zero attached hydrogens (tertiary/aromatic N) is 1. The molecule has 3 aromatic carbocycles. The number of methoxy groups -OCH3 is 1. The summed E-state index contributed by atoms with van der Waals surface area (Å²) in [7, 11) is 1.57. The summed E-state index contributed by atoms with van der Waals surface area (Å²) in [6.07, 6.45) is 1.71. The molecule has 37 heavy (non-hydrogen) atoms. The van der Waals surface area contributed by atoms with E-state index in [1.807, 2.05) is 48.5 Å². The largest absolute Gasteiger partial charge is 0.507 e. The van der Waals surface area contributed by atoms with Crippen LogP contribution in [0, 0.1) is 0 Å². The van der Waals surface area contributed by atoms with Crippen molar-refractivity contribution in [2.24, 2.45) is 0 Å². The molecule has 3 aromatic rings. The first-order chi connectivity index (χ1) is 17.7. The van der Waals surface area contributed by atoms with Crippen molar-refractivity contribution in [1.82, 2.24) is 0 Å². The van der Waals surface area contributed by atoms with Gasteiger partial charge in [-0.15, -0.1) is 0 Å². The Morgan fingerprint density at radius 2 is 1.78 bits per heavy atom. The lowest BCUT2D eigenvalue weighted by Gasteiger charge is -2.27. The van der Waals surface area contributed by atoms with E-state index in [1.54, 1.807) is 25.3 Å². The van der Waals surface area contributed by atoms with E-state index in [0.717, 1.165) is 29.7 Å². The van der Waals surface area contributed by atoms with E-state index >= 15 is 0 Å². The predicted molar refractivity (Wildman–Crippen MR) is 143 cm³/mol. The molecule has 0 radical (unpaired) electrons. The summed E-state index contributed by atoms with van der Waals surface area (Å²) in [6, 6.07) is 19.5. The summed E-state index contributed by atoms with van der Waals surface area (Å²) in [6.45, 7) is 7.02. The molecule has 2 heterocycles. The summed E-state index contributed by atoms with van der Waals surface area (Å²) in [4.78, 5) is 28.4. The Hall–Kier alpha value is -4.06. The highest BCUT2D eigenvalue weighted by Gasteiger charge is 2.47. The highest BCUT2D eigenvalue weighted by molar-refractivity contribution is 6.51. The van der Waals surface area contributed by atoms with Crippen LogP contribution in [-0.4, -0.2) is 30.5 Å². The van der Waals surface area contributed by atoms with Crippen molar-refractivity contribution in [2.75, 3.05) is 18.6 Å². The van der Waals surface area contributed by atoms with Gasteiger partial charge in [-0.2, -0.15) is 0 Å². The van der Waals surface area contributed by atoms with Crippen LogP contribution in [0.15, 0.2) is 72.3 Å². The van der Waals surface area contributed by atoms with Gasteiger partial charge in [0.1, 0.15) is 17.3 Å². The smallest absolute Gasteiger partial charge is 0.300 e. The summed E-state index contributed by atoms with van der Waals surface area (Å²) in [5.74, 6) is -0.227. The average molecular weight is 498 g/mol. The van der Waals surface area contributed by atoms with Crippen LogP contribution in [0.4, 0.5) is 5.69 Å². The quantitative estimate of drug-likeness (QED) is 0.274. The molecule has 6 nitrogen and oxygen atoms in total. The number of Topliss-reactive ketones (excluding diaryl/α,β-unsaturated/α-hetero) is 1. The third-order valence-corrected chi connectivity index (χ3v) is 7.05. The van der Waals surface area contributed by atoms with Crippen molar-refractivity contribution in [3.8, 4) is 11.5 Å². The lowest BCUT2D eigenvalue weighted by molar-refractivity contribution is -0.132. The van der Waals surface area contributed by atoms with Crippen molar-refractivity contribution in [3.63, 3.8) is 0 Å². The second-order valence-electron chi connectivity index (χ2n) is 10.5. The molecular formula is C31H31NO5. The van der Waals surface area contributed by atoms with E-state index in [9.17, 15) is 14.7 Å². The minimum Gasteiger partial charge on any atom is -0.507 e. The van der Waals surface area contributed by atoms with Gasteiger partial charge in [-0.3, -0.25) is 14.5 Å². The van der Waals surface area contributed by atoms with Crippen molar-refractivity contribution < 1.29 is 24.2 Å². The zero-order valence-electron chi connectivity index (χ0n) is 21.6. The molecule has 1 unspecified atom stereocenters. The number of aryl methyl sites for hydroxylation is 1. The highest BCUT2D eigenvalue weighted by Crippen LogP contribution is 2.43. The molecule has 0 bridgehead atoms. The monoisotopic (exact) mass is 497 g/mol. The van der Waals surface area contributed by atoms with E-state index in [0.29, 0.717) is 29.2 Å². The van der Waals surface area contributed by atoms with E-state index in [2.05, 4.69) is 20.8 Å². The van der Waals surface area contributed by atoms with E-state index in [-0.39, 0.29) is 16.7 Å². The maximum atomic E-state index is 13.5. The third-order valence-electron chi connectivity index (χ3n) is 7.05. The number of rotatable bonds is 4. The summed E-state index contributed by atoms with van der Waals surface area (Å²) in [5, 5.41) is 11.5. The van der Waals surface area contributed by atoms with Crippen molar-refractivity contribution >= 4 is 23.1 Å². The summed E-state index contributed by atoms with van der Waals surface area (Å²) in [5.41, 5.74) is 3.81. The fourth-order valence-electron chi connectivity index (χ4n) is 5.01. The Kier molecular flexibility index (Phi) is 6.28. The first-order valence-corrected chi connectivity index (χ1v) is 12.5. The fraction of sp³-hybridized carbons (Fsp3) is 0.290. The molecule has 190 valence electrons. The topological polar surface area (TPSA) is 76.1 Å². The zero-order valence-corrected chi connectivity index (χ0v) is 21.6. The maximum Gasteiger partial charge on any atom is 0.300 e. The number of ketones is 1. The maximum absolute atomic E-state index is 13.5. The van der Waals surface area contributed by atoms with Crippen molar-refractivity contribution in [3.05, 3.63) is 94.6 Å². The molecule has 5 rings (SSSR count). The van der Waals surface area contributed by atoms with E-state index in [1.165, 1.54) is 4.90 Å². The van der Waals surface area contributed by atoms with Crippen LogP contribution in [0.25, 0.3) is 5.76 Å². The van der Waals surface area contributed by atoms with Gasteiger partial charge in [-0.25, -0.2) is 0 Å². The van der Waals surface area contributed by atoms with Crippen LogP contribution in [0.5, 0.6) is 11.5 Å². The van der Waals surface area contributed by atoms with Gasteiger partial charge >= 0.3 is 0 Å². The SMILES string of the molecule is COc1cccc(C2/C(=C(/O)c3ccc4c(c3)CCCO4)C(=O)C(=O)N2c2ccc(C(C)(C)C)cc2)c1. The molecule has 0 aromatic heterocycles. The van der Waals surface area contributed by atoms with Gasteiger partial charge in [0, 0.05) is 11.3 Å². The van der Waals surface area contributed by atoms with Crippen LogP contribution in [-0.2, 0) is 21.4 Å². The standard InChI is InChI=1S/C31H31NO5/c1-31(2,3)22-11-13-23(14-12-22)32-27(20-7-5-9-24(18-20)36-4)26(29(34)30(32)35)28(33)21-10-15-25-19(17-21)8-6-16-37-25/h5,7,9-15,17-18,27,33H,6,8,16H2,1-4H3/b28-26-. The molecule has 1 fully saturated rings. The second kappa shape index (κ2) is 9.43. The third kappa shape index (κ3) is 4.48. The molecule has 2 aliphatic heterocycles. The molecule has 1 N–H and O–H groups in total. The number of aliphatic hydroxyl groups is 1. The van der Waals surface area contributed by atoms with E-state index < -0.39 is 17.7 Å². The molecule has 6 heteroatoms. The summed E-state index contributed by atoms with van der Waals surface area (Å²) < 4.78 is 11.1. The normalized spacial score (nSPS) is 18.9. The number of carbonyl (C=O) groups excluding carboxylic acids is 2. The van der Waals surface area contributed by atoms with Crippen LogP contribution in [0.3, 0.4) is 0 Å². The lowest BCUT2D eigenvalue weighted by atomic mass is 9.87. The Morgan fingerprint density at radius 3 is 2.49 bits per heavy atom. The van der Waals surface area contributed by atoms with Crippen LogP contribution in [0.1, 0.15) is 55.5 Å². The molecule has 1 amide bonds. The number of benzene rings is 3. The molecule has 2 aliphatic rings. The number of hydrogen-bond donors (Lipinski definition) is 1. The van der Waals surface area contributed by atoms with Crippen molar-refractivity contribution in [1.29, 1.82) is 0 Å². The van der Waals surface area contributed by atoms with Gasteiger partial charge in [0.15, 0.2) is 0 Å². The van der Waals surface area contributed by atoms with Crippen molar-refractivity contribution in [2.45, 2.75) is 45.1 Å². The number of aliphatic hydroxyl groups excluding tert-OH is 1. The predicted octanol–water partition coefficient (Wildman–Crippen LogP) is 5.94. The number of fused-ring (bicyclic) bond motifs is 1. The van der Waals surface area contributed by atoms with Crippen LogP contribution in [0.2, 0.25) is 0 Å². The van der Waals surface area contributed by atoms with Crippen LogP contribution >= 0.6 is 0 Å². The van der Waals surface area contributed by atoms with Gasteiger partial charge in [0.25, 0.3) is 11.7 Å². The van der Waals surface area contributed by atoms with E-state index in [4.69, 9.17) is 9.47 Å². The molecule has 1 atom stereocenters. The first kappa shape index (κ1) is 24.6. The number of anilines is 1. The van der Waals surface area contributed by atoms with Gasteiger partial charge in [-0.1, -0.05) is 45.0 Å². The fourth-order valence-corrected chi connectivity index (χ4v) is 5.01. The molecule has 0 aliphatic carbocycles. The molecule has 1 saturated heterocycles. The zero-order chi connectivity index (χ0) is 26.3. The molecule has 0 saturated carbocycles. The Labute approximate surface area is 217 Å². The Balaban J connectivity index is 1.67.